The van der Waals surface area contributed by atoms with Gasteiger partial charge in [0, 0.05) is 11.8 Å². The molecule has 0 saturated carbocycles. The molecular weight excluding hydrogens is 174 g/mol. The Kier molecular flexibility index (Phi) is 3.39. The Labute approximate surface area is 86.1 Å². The van der Waals surface area contributed by atoms with E-state index in [0.29, 0.717) is 5.92 Å². The molecule has 1 aromatic rings. The normalized spacial score (nSPS) is 11.0. The molecule has 2 N–H and O–H groups in total. The van der Waals surface area contributed by atoms with Crippen molar-refractivity contribution < 1.29 is 4.74 Å². The third-order valence-corrected chi connectivity index (χ3v) is 2.05. The van der Waals surface area contributed by atoms with E-state index in [0.717, 1.165) is 11.4 Å². The molecule has 1 aromatic carbocycles. The second kappa shape index (κ2) is 4.36. The van der Waals surface area contributed by atoms with Gasteiger partial charge in [0.25, 0.3) is 0 Å². The van der Waals surface area contributed by atoms with Gasteiger partial charge in [0.2, 0.25) is 0 Å². The zero-order valence-corrected chi connectivity index (χ0v) is 9.37. The third-order valence-electron chi connectivity index (χ3n) is 2.05. The summed E-state index contributed by atoms with van der Waals surface area (Å²) in [5, 5.41) is 0. The number of rotatable bonds is 3. The van der Waals surface area contributed by atoms with E-state index in [1.807, 2.05) is 32.0 Å². The molecule has 0 bridgehead atoms. The maximum absolute atomic E-state index is 5.92. The number of hydrogen-bond acceptors (Lipinski definition) is 2. The number of nitrogens with two attached hydrogens (primary N) is 1. The van der Waals surface area contributed by atoms with Crippen LogP contribution in [0.1, 0.15) is 39.2 Å². The zero-order chi connectivity index (χ0) is 10.7. The van der Waals surface area contributed by atoms with Crippen molar-refractivity contribution in [1.29, 1.82) is 0 Å². The smallest absolute Gasteiger partial charge is 0.121 e. The van der Waals surface area contributed by atoms with E-state index in [-0.39, 0.29) is 6.10 Å². The van der Waals surface area contributed by atoms with E-state index in [2.05, 4.69) is 13.8 Å². The molecule has 0 radical (unpaired) electrons. The summed E-state index contributed by atoms with van der Waals surface area (Å²) in [4.78, 5) is 0. The van der Waals surface area contributed by atoms with Gasteiger partial charge < -0.3 is 10.5 Å². The van der Waals surface area contributed by atoms with Crippen LogP contribution in [0.2, 0.25) is 0 Å². The van der Waals surface area contributed by atoms with Crippen molar-refractivity contribution in [2.45, 2.75) is 39.7 Å². The topological polar surface area (TPSA) is 35.2 Å². The minimum Gasteiger partial charge on any atom is -0.491 e. The Morgan fingerprint density at radius 2 is 1.79 bits per heavy atom. The molecular formula is C12H19NO. The monoisotopic (exact) mass is 193 g/mol. The molecule has 0 aromatic heterocycles. The minimum absolute atomic E-state index is 0.194. The fourth-order valence-corrected chi connectivity index (χ4v) is 1.42. The van der Waals surface area contributed by atoms with Crippen LogP contribution >= 0.6 is 0 Å². The first kappa shape index (κ1) is 10.9. The summed E-state index contributed by atoms with van der Waals surface area (Å²) in [5.41, 5.74) is 7.92. The molecule has 0 spiro atoms. The maximum Gasteiger partial charge on any atom is 0.121 e. The highest BCUT2D eigenvalue weighted by Crippen LogP contribution is 2.26. The molecule has 0 saturated heterocycles. The number of anilines is 1. The second-order valence-corrected chi connectivity index (χ2v) is 4.11. The van der Waals surface area contributed by atoms with Crippen LogP contribution in [-0.4, -0.2) is 6.10 Å². The van der Waals surface area contributed by atoms with E-state index >= 15 is 0 Å². The molecule has 0 aliphatic rings. The summed E-state index contributed by atoms with van der Waals surface area (Å²) in [6.07, 6.45) is 0.194. The first-order valence-corrected chi connectivity index (χ1v) is 5.06. The molecule has 0 heterocycles. The summed E-state index contributed by atoms with van der Waals surface area (Å²) in [6.45, 7) is 8.28. The predicted molar refractivity (Wildman–Crippen MR) is 60.7 cm³/mol. The van der Waals surface area contributed by atoms with Crippen molar-refractivity contribution in [3.63, 3.8) is 0 Å². The van der Waals surface area contributed by atoms with E-state index in [4.69, 9.17) is 10.5 Å². The SMILES string of the molecule is CC(C)Oc1ccc(C(C)C)c(N)c1. The molecule has 0 unspecified atom stereocenters. The van der Waals surface area contributed by atoms with Gasteiger partial charge in [0.05, 0.1) is 6.10 Å². The Balaban J connectivity index is 2.89. The Bertz CT molecular complexity index is 305. The lowest BCUT2D eigenvalue weighted by Gasteiger charge is -2.13. The van der Waals surface area contributed by atoms with Gasteiger partial charge in [0.1, 0.15) is 5.75 Å². The molecule has 2 heteroatoms. The van der Waals surface area contributed by atoms with Crippen LogP contribution in [0.15, 0.2) is 18.2 Å². The average molecular weight is 193 g/mol. The van der Waals surface area contributed by atoms with Crippen molar-refractivity contribution in [3.8, 4) is 5.75 Å². The van der Waals surface area contributed by atoms with Crippen molar-refractivity contribution in [3.05, 3.63) is 23.8 Å². The standard InChI is InChI=1S/C12H19NO/c1-8(2)11-6-5-10(7-12(11)13)14-9(3)4/h5-9H,13H2,1-4H3. The molecule has 0 aliphatic carbocycles. The van der Waals surface area contributed by atoms with Crippen LogP contribution in [0.3, 0.4) is 0 Å². The fourth-order valence-electron chi connectivity index (χ4n) is 1.42. The highest BCUT2D eigenvalue weighted by molar-refractivity contribution is 5.52. The fraction of sp³-hybridized carbons (Fsp3) is 0.500. The summed E-state index contributed by atoms with van der Waals surface area (Å²) in [7, 11) is 0. The van der Waals surface area contributed by atoms with Crippen LogP contribution < -0.4 is 10.5 Å². The van der Waals surface area contributed by atoms with Crippen LogP contribution in [0.4, 0.5) is 5.69 Å². The van der Waals surface area contributed by atoms with Crippen LogP contribution in [-0.2, 0) is 0 Å². The molecule has 1 rings (SSSR count). The lowest BCUT2D eigenvalue weighted by atomic mass is 10.0. The highest BCUT2D eigenvalue weighted by Gasteiger charge is 2.05. The summed E-state index contributed by atoms with van der Waals surface area (Å²) < 4.78 is 5.55. The van der Waals surface area contributed by atoms with Gasteiger partial charge in [-0.05, 0) is 31.4 Å². The largest absolute Gasteiger partial charge is 0.491 e. The van der Waals surface area contributed by atoms with Crippen molar-refractivity contribution in [2.24, 2.45) is 0 Å². The van der Waals surface area contributed by atoms with E-state index in [1.54, 1.807) is 0 Å². The van der Waals surface area contributed by atoms with Crippen molar-refractivity contribution >= 4 is 5.69 Å². The quantitative estimate of drug-likeness (QED) is 0.748. The first-order chi connectivity index (χ1) is 6.50. The average Bonchev–Trinajstić information content (AvgIpc) is 2.01. The molecule has 0 aliphatic heterocycles. The van der Waals surface area contributed by atoms with Crippen LogP contribution in [0.25, 0.3) is 0 Å². The Morgan fingerprint density at radius 3 is 2.21 bits per heavy atom. The molecule has 0 amide bonds. The predicted octanol–water partition coefficient (Wildman–Crippen LogP) is 3.18. The number of hydrogen-bond donors (Lipinski definition) is 1. The van der Waals surface area contributed by atoms with Gasteiger partial charge >= 0.3 is 0 Å². The first-order valence-electron chi connectivity index (χ1n) is 5.06. The minimum atomic E-state index is 0.194. The highest BCUT2D eigenvalue weighted by atomic mass is 16.5. The number of ether oxygens (including phenoxy) is 1. The van der Waals surface area contributed by atoms with Gasteiger partial charge in [-0.15, -0.1) is 0 Å². The van der Waals surface area contributed by atoms with Crippen LogP contribution in [0.5, 0.6) is 5.75 Å². The van der Waals surface area contributed by atoms with Crippen LogP contribution in [0, 0.1) is 0 Å². The molecule has 2 nitrogen and oxygen atoms in total. The Morgan fingerprint density at radius 1 is 1.14 bits per heavy atom. The van der Waals surface area contributed by atoms with E-state index < -0.39 is 0 Å². The molecule has 0 fully saturated rings. The second-order valence-electron chi connectivity index (χ2n) is 4.11. The van der Waals surface area contributed by atoms with Gasteiger partial charge in [-0.3, -0.25) is 0 Å². The molecule has 0 atom stereocenters. The summed E-state index contributed by atoms with van der Waals surface area (Å²) in [6, 6.07) is 5.92. The molecule has 14 heavy (non-hydrogen) atoms. The van der Waals surface area contributed by atoms with E-state index in [1.165, 1.54) is 5.56 Å². The lowest BCUT2D eigenvalue weighted by Crippen LogP contribution is -2.06. The molecule has 78 valence electrons. The van der Waals surface area contributed by atoms with Gasteiger partial charge in [0.15, 0.2) is 0 Å². The number of nitrogen functional groups attached to an aromatic ring is 1. The number of benzene rings is 1. The maximum atomic E-state index is 5.92. The Hall–Kier alpha value is -1.18. The van der Waals surface area contributed by atoms with Crippen molar-refractivity contribution in [1.82, 2.24) is 0 Å². The van der Waals surface area contributed by atoms with Crippen molar-refractivity contribution in [2.75, 3.05) is 5.73 Å². The van der Waals surface area contributed by atoms with Gasteiger partial charge in [-0.2, -0.15) is 0 Å². The third kappa shape index (κ3) is 2.66. The van der Waals surface area contributed by atoms with Gasteiger partial charge in [-0.25, -0.2) is 0 Å². The van der Waals surface area contributed by atoms with Gasteiger partial charge in [-0.1, -0.05) is 19.9 Å². The summed E-state index contributed by atoms with van der Waals surface area (Å²) in [5.74, 6) is 1.31. The summed E-state index contributed by atoms with van der Waals surface area (Å²) >= 11 is 0. The lowest BCUT2D eigenvalue weighted by molar-refractivity contribution is 0.242. The zero-order valence-electron chi connectivity index (χ0n) is 9.37. The van der Waals surface area contributed by atoms with E-state index in [9.17, 15) is 0 Å².